The van der Waals surface area contributed by atoms with Gasteiger partial charge in [-0.05, 0) is 27.7 Å². The van der Waals surface area contributed by atoms with Gasteiger partial charge in [0.05, 0.1) is 0 Å². The van der Waals surface area contributed by atoms with Crippen molar-refractivity contribution in [1.29, 1.82) is 0 Å². The van der Waals surface area contributed by atoms with Crippen LogP contribution in [0.2, 0.25) is 0 Å². The van der Waals surface area contributed by atoms with E-state index in [1.807, 2.05) is 105 Å². The zero-order valence-electron chi connectivity index (χ0n) is 36.5. The van der Waals surface area contributed by atoms with Crippen molar-refractivity contribution in [3.8, 4) is 20.5 Å². The van der Waals surface area contributed by atoms with Crippen LogP contribution in [0.1, 0.15) is 83.1 Å². The molecule has 8 heterocycles. The zero-order chi connectivity index (χ0) is 44.4. The molecule has 60 heavy (non-hydrogen) atoms. The molecule has 0 saturated heterocycles. The maximum Gasteiger partial charge on any atom is 0.242 e. The molecule has 0 aliphatic carbocycles. The fourth-order valence-corrected chi connectivity index (χ4v) is 6.13. The number of hydrogen-bond donors (Lipinski definition) is 4. The molecule has 0 spiro atoms. The Morgan fingerprint density at radius 2 is 0.733 bits per heavy atom. The fourth-order valence-electron chi connectivity index (χ4n) is 3.81. The van der Waals surface area contributed by atoms with Gasteiger partial charge in [0.25, 0.3) is 0 Å². The first-order valence-corrected chi connectivity index (χ1v) is 23.3. The van der Waals surface area contributed by atoms with Crippen LogP contribution >= 0.6 is 45.3 Å². The van der Waals surface area contributed by atoms with Crippen molar-refractivity contribution < 1.29 is 0 Å². The van der Waals surface area contributed by atoms with Crippen molar-refractivity contribution in [2.45, 2.75) is 83.1 Å². The highest BCUT2D eigenvalue weighted by Gasteiger charge is 2.08. The second kappa shape index (κ2) is 33.1. The lowest BCUT2D eigenvalue weighted by molar-refractivity contribution is 0.866. The molecule has 8 aromatic heterocycles. The van der Waals surface area contributed by atoms with Crippen LogP contribution in [0.5, 0.6) is 0 Å². The monoisotopic (exact) mass is 900 g/mol. The number of anilines is 4. The van der Waals surface area contributed by atoms with Crippen molar-refractivity contribution in [2.24, 2.45) is 0 Å². The van der Waals surface area contributed by atoms with Gasteiger partial charge in [0.2, 0.25) is 44.3 Å². The molecule has 8 rings (SSSR count). The minimum Gasteiger partial charge on any atom is -0.354 e. The van der Waals surface area contributed by atoms with Crippen molar-refractivity contribution in [3.05, 3.63) is 71.6 Å². The summed E-state index contributed by atoms with van der Waals surface area (Å²) in [6.45, 7) is 27.3. The Balaban J connectivity index is 0.000000378. The van der Waals surface area contributed by atoms with Gasteiger partial charge in [0, 0.05) is 72.5 Å². The second-order valence-electron chi connectivity index (χ2n) is 9.40. The van der Waals surface area contributed by atoms with Crippen molar-refractivity contribution in [2.75, 3.05) is 47.4 Å². The molecule has 8 aromatic rings. The van der Waals surface area contributed by atoms with Crippen molar-refractivity contribution in [1.82, 2.24) is 79.0 Å². The summed E-state index contributed by atoms with van der Waals surface area (Å²) in [6, 6.07) is 0. The predicted molar refractivity (Wildman–Crippen MR) is 250 cm³/mol. The highest BCUT2D eigenvalue weighted by atomic mass is 32.1. The van der Waals surface area contributed by atoms with E-state index < -0.39 is 0 Å². The number of nitrogens with one attached hydrogen (secondary N) is 4. The third-order valence-electron chi connectivity index (χ3n) is 5.85. The average Bonchev–Trinajstić information content (AvgIpc) is 4.12. The Kier molecular flexibility index (Phi) is 28.9. The van der Waals surface area contributed by atoms with Crippen LogP contribution < -0.4 is 21.3 Å². The van der Waals surface area contributed by atoms with Gasteiger partial charge in [-0.15, -0.1) is 55.5 Å². The Bertz CT molecular complexity index is 1920. The molecule has 0 bridgehead atoms. The summed E-state index contributed by atoms with van der Waals surface area (Å²) in [4.78, 5) is 32.8. The van der Waals surface area contributed by atoms with Gasteiger partial charge in [-0.3, -0.25) is 0 Å². The summed E-state index contributed by atoms with van der Waals surface area (Å²) in [6.07, 6.45) is 13.3. The molecule has 0 unspecified atom stereocenters. The smallest absolute Gasteiger partial charge is 0.242 e. The zero-order valence-corrected chi connectivity index (χ0v) is 39.8. The third kappa shape index (κ3) is 17.6. The summed E-state index contributed by atoms with van der Waals surface area (Å²) in [5, 5.41) is 39.7. The lowest BCUT2D eigenvalue weighted by atomic mass is 10.7. The van der Waals surface area contributed by atoms with Gasteiger partial charge in [-0.1, -0.05) is 55.4 Å². The van der Waals surface area contributed by atoms with Gasteiger partial charge in [0.1, 0.15) is 25.3 Å². The normalized spacial score (nSPS) is 9.27. The maximum absolute atomic E-state index is 4.18. The summed E-state index contributed by atoms with van der Waals surface area (Å²) in [7, 11) is 0. The molecule has 0 fully saturated rings. The third-order valence-corrected chi connectivity index (χ3v) is 8.87. The number of hydrogen-bond acceptors (Lipinski definition) is 20. The largest absolute Gasteiger partial charge is 0.354 e. The fraction of sp³-hybridized carbons (Fsp3) is 0.444. The summed E-state index contributed by atoms with van der Waals surface area (Å²) in [5.74, 6) is 2.74. The standard InChI is InChI=1S/4C7H9N5S.4C2H6/c2*1-2-8-6-10-5-12(11-6)7-9-3-4-13-7;2*1-2-8-6-10-5-11-12(6)7-9-3-4-13-7;4*1-2/h2*3-5H,2H2,1H3,(H,8,11);2*3-5H,2H2,1H3,(H,8,10,11);4*1-2H3. The Labute approximate surface area is 369 Å². The minimum atomic E-state index is 0.637. The van der Waals surface area contributed by atoms with Gasteiger partial charge in [-0.25, -0.2) is 29.9 Å². The highest BCUT2D eigenvalue weighted by molar-refractivity contribution is 7.12. The van der Waals surface area contributed by atoms with E-state index in [9.17, 15) is 0 Å². The summed E-state index contributed by atoms with van der Waals surface area (Å²) in [5.41, 5.74) is 0. The van der Waals surface area contributed by atoms with E-state index >= 15 is 0 Å². The lowest BCUT2D eigenvalue weighted by Crippen LogP contribution is -2.06. The molecule has 24 heteroatoms. The molecular weight excluding hydrogens is 841 g/mol. The van der Waals surface area contributed by atoms with Crippen LogP contribution in [-0.4, -0.2) is 105 Å². The molecule has 0 aliphatic heterocycles. The minimum absolute atomic E-state index is 0.637. The van der Waals surface area contributed by atoms with Crippen LogP contribution in [0.25, 0.3) is 20.5 Å². The Hall–Kier alpha value is -5.72. The Morgan fingerprint density at radius 1 is 0.417 bits per heavy atom. The van der Waals surface area contributed by atoms with E-state index in [0.717, 1.165) is 58.6 Å². The topological polar surface area (TPSA) is 223 Å². The van der Waals surface area contributed by atoms with Crippen LogP contribution in [-0.2, 0) is 0 Å². The molecule has 328 valence electrons. The van der Waals surface area contributed by atoms with E-state index in [4.69, 9.17) is 0 Å². The average molecular weight is 901 g/mol. The van der Waals surface area contributed by atoms with E-state index in [1.54, 1.807) is 56.2 Å². The van der Waals surface area contributed by atoms with Gasteiger partial charge in [-0.2, -0.15) is 38.9 Å². The van der Waals surface area contributed by atoms with E-state index in [0.29, 0.717) is 11.9 Å². The summed E-state index contributed by atoms with van der Waals surface area (Å²) < 4.78 is 6.69. The van der Waals surface area contributed by atoms with Crippen LogP contribution in [0.3, 0.4) is 0 Å². The number of thiazole rings is 4. The molecule has 0 amide bonds. The predicted octanol–water partition coefficient (Wildman–Crippen LogP) is 8.73. The first kappa shape index (κ1) is 52.3. The molecule has 4 N–H and O–H groups in total. The maximum atomic E-state index is 4.18. The molecule has 0 aliphatic rings. The van der Waals surface area contributed by atoms with E-state index in [1.165, 1.54) is 58.0 Å². The van der Waals surface area contributed by atoms with Gasteiger partial charge >= 0.3 is 0 Å². The number of aromatic nitrogens is 16. The lowest BCUT2D eigenvalue weighted by Gasteiger charge is -2.01. The molecule has 0 saturated carbocycles. The summed E-state index contributed by atoms with van der Waals surface area (Å²) >= 11 is 6.12. The SMILES string of the molecule is CC.CC.CC.CC.CCNc1ncn(-c2nccs2)n1.CCNc1ncn(-c2nccs2)n1.CCNc1ncnn1-c1nccs1.CCNc1ncnn1-c1nccs1. The Morgan fingerprint density at radius 3 is 1.02 bits per heavy atom. The highest BCUT2D eigenvalue weighted by Crippen LogP contribution is 2.15. The van der Waals surface area contributed by atoms with Crippen LogP contribution in [0, 0.1) is 0 Å². The molecule has 0 aromatic carbocycles. The molecular formula is C36H60N20S4. The first-order valence-electron chi connectivity index (χ1n) is 19.8. The second-order valence-corrected chi connectivity index (χ2v) is 12.9. The number of nitrogens with zero attached hydrogens (tertiary/aromatic N) is 16. The van der Waals surface area contributed by atoms with Crippen molar-refractivity contribution in [3.63, 3.8) is 0 Å². The van der Waals surface area contributed by atoms with Gasteiger partial charge in [0.15, 0.2) is 0 Å². The van der Waals surface area contributed by atoms with Crippen LogP contribution in [0.15, 0.2) is 71.6 Å². The molecule has 0 atom stereocenters. The first-order chi connectivity index (χ1) is 29.6. The van der Waals surface area contributed by atoms with Crippen molar-refractivity contribution >= 4 is 69.1 Å². The molecule has 0 radical (unpaired) electrons. The quantitative estimate of drug-likeness (QED) is 0.0900. The van der Waals surface area contributed by atoms with Gasteiger partial charge < -0.3 is 21.3 Å². The number of rotatable bonds is 12. The van der Waals surface area contributed by atoms with Crippen LogP contribution in [0.4, 0.5) is 23.8 Å². The molecule has 20 nitrogen and oxygen atoms in total. The van der Waals surface area contributed by atoms with E-state index in [-0.39, 0.29) is 0 Å². The van der Waals surface area contributed by atoms with E-state index in [2.05, 4.69) is 81.5 Å².